The molecule has 0 aliphatic heterocycles. The van der Waals surface area contributed by atoms with Gasteiger partial charge in [-0.3, -0.25) is 14.4 Å². The Bertz CT molecular complexity index is 720. The highest BCUT2D eigenvalue weighted by Crippen LogP contribution is 2.70. The van der Waals surface area contributed by atoms with Crippen molar-refractivity contribution in [3.05, 3.63) is 23.0 Å². The van der Waals surface area contributed by atoms with Gasteiger partial charge >= 0.3 is 0 Å². The zero-order valence-corrected chi connectivity index (χ0v) is 15.2. The summed E-state index contributed by atoms with van der Waals surface area (Å²) in [7, 11) is 0. The van der Waals surface area contributed by atoms with Gasteiger partial charge in [-0.2, -0.15) is 0 Å². The first-order valence-electron chi connectivity index (χ1n) is 8.68. The molecule has 2 bridgehead atoms. The zero-order valence-electron chi connectivity index (χ0n) is 15.2. The van der Waals surface area contributed by atoms with Crippen molar-refractivity contribution in [1.29, 1.82) is 0 Å². The molecular formula is C20H26O4. The summed E-state index contributed by atoms with van der Waals surface area (Å²) in [5, 5.41) is 10.8. The third kappa shape index (κ3) is 1.83. The standard InChI is InChI=1S/C20H26O4/c1-11(2)6-7-19-10-13-18(4,5)8-9-20(13,17(19)24)16(23)14(12(3)21)15(19)22/h6,13,22H,7-10H2,1-5H3/t13-,19+,20+/m1/s1. The van der Waals surface area contributed by atoms with E-state index in [9.17, 15) is 19.5 Å². The molecule has 0 unspecified atom stereocenters. The molecule has 0 radical (unpaired) electrons. The average Bonchev–Trinajstić information content (AvgIpc) is 2.85. The molecular weight excluding hydrogens is 304 g/mol. The van der Waals surface area contributed by atoms with Crippen molar-refractivity contribution in [2.24, 2.45) is 22.2 Å². The summed E-state index contributed by atoms with van der Waals surface area (Å²) in [6, 6.07) is 0. The highest BCUT2D eigenvalue weighted by molar-refractivity contribution is 6.31. The van der Waals surface area contributed by atoms with Crippen molar-refractivity contribution in [2.75, 3.05) is 0 Å². The molecule has 1 spiro atoms. The highest BCUT2D eigenvalue weighted by atomic mass is 16.3. The molecule has 4 heteroatoms. The number of aliphatic hydroxyl groups excluding tert-OH is 1. The molecule has 4 nitrogen and oxygen atoms in total. The second kappa shape index (κ2) is 4.90. The number of aliphatic hydroxyl groups is 1. The maximum atomic E-state index is 13.4. The average molecular weight is 330 g/mol. The van der Waals surface area contributed by atoms with Crippen molar-refractivity contribution in [1.82, 2.24) is 0 Å². The number of carbonyl (C=O) groups excluding carboxylic acids is 3. The fourth-order valence-corrected chi connectivity index (χ4v) is 5.25. The Morgan fingerprint density at radius 1 is 1.21 bits per heavy atom. The quantitative estimate of drug-likeness (QED) is 0.486. The van der Waals surface area contributed by atoms with Gasteiger partial charge in [0.2, 0.25) is 0 Å². The van der Waals surface area contributed by atoms with Gasteiger partial charge in [-0.15, -0.1) is 0 Å². The molecule has 130 valence electrons. The molecule has 24 heavy (non-hydrogen) atoms. The molecule has 0 aromatic rings. The minimum atomic E-state index is -1.10. The van der Waals surface area contributed by atoms with Crippen LogP contribution >= 0.6 is 0 Å². The normalized spacial score (nSPS) is 36.8. The fourth-order valence-electron chi connectivity index (χ4n) is 5.25. The first-order chi connectivity index (χ1) is 11.0. The Kier molecular flexibility index (Phi) is 3.50. The number of rotatable bonds is 3. The lowest BCUT2D eigenvalue weighted by Crippen LogP contribution is -2.49. The van der Waals surface area contributed by atoms with Crippen LogP contribution < -0.4 is 0 Å². The van der Waals surface area contributed by atoms with Gasteiger partial charge in [0.05, 0.1) is 16.4 Å². The van der Waals surface area contributed by atoms with Gasteiger partial charge in [0.25, 0.3) is 0 Å². The van der Waals surface area contributed by atoms with E-state index in [1.54, 1.807) is 0 Å². The molecule has 3 atom stereocenters. The molecule has 3 rings (SSSR count). The van der Waals surface area contributed by atoms with Crippen molar-refractivity contribution in [3.8, 4) is 0 Å². The molecule has 3 aliphatic carbocycles. The summed E-state index contributed by atoms with van der Waals surface area (Å²) < 4.78 is 0. The molecule has 1 N–H and O–H groups in total. The van der Waals surface area contributed by atoms with E-state index in [0.717, 1.165) is 12.0 Å². The van der Waals surface area contributed by atoms with E-state index in [1.807, 2.05) is 19.9 Å². The Morgan fingerprint density at radius 3 is 2.38 bits per heavy atom. The lowest BCUT2D eigenvalue weighted by molar-refractivity contribution is -0.144. The van der Waals surface area contributed by atoms with Crippen LogP contribution in [0.1, 0.15) is 60.3 Å². The van der Waals surface area contributed by atoms with Crippen LogP contribution in [0.5, 0.6) is 0 Å². The van der Waals surface area contributed by atoms with Gasteiger partial charge in [-0.1, -0.05) is 25.5 Å². The smallest absolute Gasteiger partial charge is 0.183 e. The topological polar surface area (TPSA) is 71.4 Å². The van der Waals surface area contributed by atoms with Gasteiger partial charge in [-0.25, -0.2) is 0 Å². The van der Waals surface area contributed by atoms with Gasteiger partial charge in [0.1, 0.15) is 5.76 Å². The number of Topliss-reactive ketones (excluding diaryl/α,β-unsaturated/α-hetero) is 3. The van der Waals surface area contributed by atoms with Crippen LogP contribution in [-0.2, 0) is 14.4 Å². The highest BCUT2D eigenvalue weighted by Gasteiger charge is 2.75. The van der Waals surface area contributed by atoms with Crippen molar-refractivity contribution in [3.63, 3.8) is 0 Å². The predicted octanol–water partition coefficient (Wildman–Crippen LogP) is 3.71. The van der Waals surface area contributed by atoms with E-state index in [4.69, 9.17) is 0 Å². The summed E-state index contributed by atoms with van der Waals surface area (Å²) in [6.07, 6.45) is 4.03. The van der Waals surface area contributed by atoms with Crippen LogP contribution in [0.2, 0.25) is 0 Å². The van der Waals surface area contributed by atoms with E-state index >= 15 is 0 Å². The van der Waals surface area contributed by atoms with E-state index in [-0.39, 0.29) is 28.4 Å². The lowest BCUT2D eigenvalue weighted by Gasteiger charge is -2.36. The summed E-state index contributed by atoms with van der Waals surface area (Å²) in [4.78, 5) is 38.7. The van der Waals surface area contributed by atoms with Crippen molar-refractivity contribution in [2.45, 2.75) is 60.3 Å². The van der Waals surface area contributed by atoms with E-state index < -0.39 is 22.4 Å². The third-order valence-corrected chi connectivity index (χ3v) is 6.63. The molecule has 0 aromatic heterocycles. The second-order valence-electron chi connectivity index (χ2n) is 8.72. The van der Waals surface area contributed by atoms with E-state index in [1.165, 1.54) is 6.92 Å². The summed E-state index contributed by atoms with van der Waals surface area (Å²) in [6.45, 7) is 9.37. The van der Waals surface area contributed by atoms with Crippen LogP contribution in [0.4, 0.5) is 0 Å². The lowest BCUT2D eigenvalue weighted by atomic mass is 9.63. The number of hydrogen-bond donors (Lipinski definition) is 1. The molecule has 2 saturated carbocycles. The minimum Gasteiger partial charge on any atom is -0.510 e. The molecule has 0 aromatic carbocycles. The Hall–Kier alpha value is -1.71. The Morgan fingerprint density at radius 2 is 1.83 bits per heavy atom. The molecule has 0 amide bonds. The largest absolute Gasteiger partial charge is 0.510 e. The van der Waals surface area contributed by atoms with Gasteiger partial charge in [0, 0.05) is 0 Å². The maximum Gasteiger partial charge on any atom is 0.183 e. The first-order valence-corrected chi connectivity index (χ1v) is 8.68. The number of ketones is 3. The first kappa shape index (κ1) is 17.1. The van der Waals surface area contributed by atoms with Crippen molar-refractivity contribution >= 4 is 17.3 Å². The molecule has 3 aliphatic rings. The number of carbonyl (C=O) groups is 3. The summed E-state index contributed by atoms with van der Waals surface area (Å²) in [5.41, 5.74) is -1.43. The fraction of sp³-hybridized carbons (Fsp3) is 0.650. The van der Waals surface area contributed by atoms with Crippen molar-refractivity contribution < 1.29 is 19.5 Å². The van der Waals surface area contributed by atoms with Crippen LogP contribution in [0.15, 0.2) is 23.0 Å². The van der Waals surface area contributed by atoms with Crippen LogP contribution in [-0.4, -0.2) is 22.5 Å². The number of hydrogen-bond acceptors (Lipinski definition) is 4. The molecule has 0 saturated heterocycles. The second-order valence-corrected chi connectivity index (χ2v) is 8.72. The third-order valence-electron chi connectivity index (χ3n) is 6.63. The number of fused-ring (bicyclic) bond motifs is 1. The van der Waals surface area contributed by atoms with Crippen LogP contribution in [0.3, 0.4) is 0 Å². The predicted molar refractivity (Wildman–Crippen MR) is 90.4 cm³/mol. The Labute approximate surface area is 143 Å². The summed E-state index contributed by atoms with van der Waals surface area (Å²) >= 11 is 0. The number of allylic oxidation sites excluding steroid dienone is 4. The monoisotopic (exact) mass is 330 g/mol. The van der Waals surface area contributed by atoms with E-state index in [0.29, 0.717) is 19.3 Å². The SMILES string of the molecule is CC(=O)C1=C(O)[C@]2(CC=C(C)C)C[C@@H]3C(C)(C)CC[C@]3(C1=O)C2=O. The summed E-state index contributed by atoms with van der Waals surface area (Å²) in [5.74, 6) is -1.42. The van der Waals surface area contributed by atoms with Gasteiger partial charge < -0.3 is 5.11 Å². The van der Waals surface area contributed by atoms with Gasteiger partial charge in [-0.05, 0) is 57.8 Å². The maximum absolute atomic E-state index is 13.4. The Balaban J connectivity index is 2.27. The zero-order chi connectivity index (χ0) is 18.1. The van der Waals surface area contributed by atoms with Gasteiger partial charge in [0.15, 0.2) is 17.3 Å². The minimum absolute atomic E-state index is 0.116. The van der Waals surface area contributed by atoms with Crippen LogP contribution in [0.25, 0.3) is 0 Å². The van der Waals surface area contributed by atoms with Crippen LogP contribution in [0, 0.1) is 22.2 Å². The molecule has 2 fully saturated rings. The molecule has 0 heterocycles. The van der Waals surface area contributed by atoms with E-state index in [2.05, 4.69) is 13.8 Å².